The van der Waals surface area contributed by atoms with Gasteiger partial charge in [-0.15, -0.1) is 12.4 Å². The van der Waals surface area contributed by atoms with E-state index in [1.807, 2.05) is 0 Å². The number of furan rings is 1. The molecule has 7 nitrogen and oxygen atoms in total. The summed E-state index contributed by atoms with van der Waals surface area (Å²) in [6, 6.07) is 0. The van der Waals surface area contributed by atoms with Crippen LogP contribution in [-0.2, 0) is 14.8 Å². The van der Waals surface area contributed by atoms with Gasteiger partial charge in [0.25, 0.3) is 0 Å². The standard InChI is InChI=1S/C13H20N2O5S.ClH/c1-8-11(13(16)19-3)12(9(2)20-8)21(17,18)15-5-4-10(6-14)7-15;/h10H,4-7,14H2,1-3H3;1H. The van der Waals surface area contributed by atoms with Crippen LogP contribution in [-0.4, -0.2) is 45.4 Å². The molecule has 2 heterocycles. The number of nitrogens with zero attached hydrogens (tertiary/aromatic N) is 1. The molecule has 22 heavy (non-hydrogen) atoms. The molecular formula is C13H21ClN2O5S. The van der Waals surface area contributed by atoms with E-state index in [9.17, 15) is 13.2 Å². The lowest BCUT2D eigenvalue weighted by Gasteiger charge is -2.16. The minimum atomic E-state index is -3.79. The molecule has 0 amide bonds. The van der Waals surface area contributed by atoms with E-state index in [0.29, 0.717) is 19.6 Å². The van der Waals surface area contributed by atoms with E-state index in [2.05, 4.69) is 4.74 Å². The second-order valence-electron chi connectivity index (χ2n) is 5.16. The first-order valence-corrected chi connectivity index (χ1v) is 8.15. The first kappa shape index (κ1) is 19.0. The molecule has 0 aromatic carbocycles. The normalized spacial score (nSPS) is 19.0. The van der Waals surface area contributed by atoms with Crippen LogP contribution < -0.4 is 5.73 Å². The van der Waals surface area contributed by atoms with Crippen molar-refractivity contribution in [2.75, 3.05) is 26.7 Å². The van der Waals surface area contributed by atoms with Crippen LogP contribution in [0.15, 0.2) is 9.31 Å². The van der Waals surface area contributed by atoms with Crippen molar-refractivity contribution in [2.24, 2.45) is 11.7 Å². The molecule has 9 heteroatoms. The Hall–Kier alpha value is -1.09. The Bertz CT molecular complexity index is 656. The molecule has 1 unspecified atom stereocenters. The topological polar surface area (TPSA) is 103 Å². The van der Waals surface area contributed by atoms with Crippen molar-refractivity contribution in [3.63, 3.8) is 0 Å². The maximum absolute atomic E-state index is 12.8. The predicted octanol–water partition coefficient (Wildman–Crippen LogP) is 1.07. The van der Waals surface area contributed by atoms with E-state index in [-0.39, 0.29) is 40.3 Å². The third kappa shape index (κ3) is 3.15. The highest BCUT2D eigenvalue weighted by molar-refractivity contribution is 7.89. The number of halogens is 1. The Morgan fingerprint density at radius 1 is 1.41 bits per heavy atom. The maximum Gasteiger partial charge on any atom is 0.342 e. The molecule has 0 radical (unpaired) electrons. The molecule has 0 bridgehead atoms. The number of hydrogen-bond acceptors (Lipinski definition) is 6. The fraction of sp³-hybridized carbons (Fsp3) is 0.615. The molecule has 2 N–H and O–H groups in total. The Morgan fingerprint density at radius 2 is 2.05 bits per heavy atom. The number of aryl methyl sites for hydroxylation is 2. The summed E-state index contributed by atoms with van der Waals surface area (Å²) in [5.74, 6) is -0.122. The van der Waals surface area contributed by atoms with Gasteiger partial charge in [0.15, 0.2) is 0 Å². The van der Waals surface area contributed by atoms with Crippen LogP contribution in [0.3, 0.4) is 0 Å². The summed E-state index contributed by atoms with van der Waals surface area (Å²) >= 11 is 0. The number of nitrogens with two attached hydrogens (primary N) is 1. The Balaban J connectivity index is 0.00000242. The van der Waals surface area contributed by atoms with E-state index in [4.69, 9.17) is 10.2 Å². The Morgan fingerprint density at radius 3 is 2.55 bits per heavy atom. The van der Waals surface area contributed by atoms with E-state index in [0.717, 1.165) is 6.42 Å². The van der Waals surface area contributed by atoms with Crippen molar-refractivity contribution in [1.29, 1.82) is 0 Å². The highest BCUT2D eigenvalue weighted by Gasteiger charge is 2.38. The molecular weight excluding hydrogens is 332 g/mol. The zero-order valence-corrected chi connectivity index (χ0v) is 14.4. The van der Waals surface area contributed by atoms with Gasteiger partial charge in [-0.25, -0.2) is 13.2 Å². The van der Waals surface area contributed by atoms with Crippen molar-refractivity contribution in [3.8, 4) is 0 Å². The first-order valence-electron chi connectivity index (χ1n) is 6.71. The number of carbonyl (C=O) groups is 1. The van der Waals surface area contributed by atoms with E-state index >= 15 is 0 Å². The maximum atomic E-state index is 12.8. The number of carbonyl (C=O) groups excluding carboxylic acids is 1. The van der Waals surface area contributed by atoms with Gasteiger partial charge in [-0.3, -0.25) is 0 Å². The van der Waals surface area contributed by atoms with Gasteiger partial charge in [0.2, 0.25) is 10.0 Å². The summed E-state index contributed by atoms with van der Waals surface area (Å²) in [5, 5.41) is 0. The van der Waals surface area contributed by atoms with Gasteiger partial charge in [-0.2, -0.15) is 4.31 Å². The average Bonchev–Trinajstić information content (AvgIpc) is 3.02. The summed E-state index contributed by atoms with van der Waals surface area (Å²) in [6.45, 7) is 4.28. The molecule has 126 valence electrons. The third-order valence-corrected chi connectivity index (χ3v) is 5.79. The molecule has 1 aliphatic rings. The monoisotopic (exact) mass is 352 g/mol. The van der Waals surface area contributed by atoms with Gasteiger partial charge in [0, 0.05) is 13.1 Å². The molecule has 1 aromatic rings. The smallest absolute Gasteiger partial charge is 0.342 e. The molecule has 1 aliphatic heterocycles. The lowest BCUT2D eigenvalue weighted by Crippen LogP contribution is -2.31. The van der Waals surface area contributed by atoms with Crippen molar-refractivity contribution < 1.29 is 22.4 Å². The van der Waals surface area contributed by atoms with Gasteiger partial charge in [0.05, 0.1) is 7.11 Å². The Kier molecular flexibility index (Phi) is 6.03. The van der Waals surface area contributed by atoms with Crippen molar-refractivity contribution in [2.45, 2.75) is 25.2 Å². The number of rotatable bonds is 4. The fourth-order valence-corrected chi connectivity index (χ4v) is 4.55. The number of ether oxygens (including phenoxy) is 1. The van der Waals surface area contributed by atoms with Gasteiger partial charge in [0.1, 0.15) is 22.0 Å². The second kappa shape index (κ2) is 6.99. The minimum Gasteiger partial charge on any atom is -0.465 e. The zero-order chi connectivity index (χ0) is 15.8. The average molecular weight is 353 g/mol. The van der Waals surface area contributed by atoms with Crippen LogP contribution in [0.2, 0.25) is 0 Å². The van der Waals surface area contributed by atoms with Crippen LogP contribution in [0.1, 0.15) is 28.3 Å². The van der Waals surface area contributed by atoms with Gasteiger partial charge >= 0.3 is 5.97 Å². The molecule has 0 aliphatic carbocycles. The third-order valence-electron chi connectivity index (χ3n) is 3.77. The summed E-state index contributed by atoms with van der Waals surface area (Å²) in [7, 11) is -2.58. The molecule has 0 saturated carbocycles. The lowest BCUT2D eigenvalue weighted by molar-refractivity contribution is 0.0594. The van der Waals surface area contributed by atoms with Crippen LogP contribution in [0.4, 0.5) is 0 Å². The van der Waals surface area contributed by atoms with Crippen LogP contribution in [0.25, 0.3) is 0 Å². The largest absolute Gasteiger partial charge is 0.465 e. The summed E-state index contributed by atoms with van der Waals surface area (Å²) in [4.78, 5) is 11.8. The number of esters is 1. The van der Waals surface area contributed by atoms with Crippen LogP contribution in [0.5, 0.6) is 0 Å². The van der Waals surface area contributed by atoms with Crippen molar-refractivity contribution in [3.05, 3.63) is 17.1 Å². The molecule has 1 saturated heterocycles. The highest BCUT2D eigenvalue weighted by atomic mass is 35.5. The number of methoxy groups -OCH3 is 1. The minimum absolute atomic E-state index is 0. The predicted molar refractivity (Wildman–Crippen MR) is 82.7 cm³/mol. The van der Waals surface area contributed by atoms with E-state index in [1.165, 1.54) is 18.3 Å². The molecule has 1 aromatic heterocycles. The fourth-order valence-electron chi connectivity index (χ4n) is 2.65. The number of hydrogen-bond donors (Lipinski definition) is 1. The van der Waals surface area contributed by atoms with Gasteiger partial charge in [-0.1, -0.05) is 0 Å². The summed E-state index contributed by atoms with van der Waals surface area (Å²) in [5.41, 5.74) is 5.58. The molecule has 1 atom stereocenters. The molecule has 1 fully saturated rings. The highest BCUT2D eigenvalue weighted by Crippen LogP contribution is 2.32. The summed E-state index contributed by atoms with van der Waals surface area (Å²) in [6.07, 6.45) is 0.721. The second-order valence-corrected chi connectivity index (χ2v) is 7.04. The van der Waals surface area contributed by atoms with Crippen LogP contribution in [0, 0.1) is 19.8 Å². The van der Waals surface area contributed by atoms with Gasteiger partial charge < -0.3 is 14.9 Å². The summed E-state index contributed by atoms with van der Waals surface area (Å²) < 4.78 is 36.9. The molecule has 2 rings (SSSR count). The van der Waals surface area contributed by atoms with Gasteiger partial charge in [-0.05, 0) is 32.7 Å². The van der Waals surface area contributed by atoms with Crippen LogP contribution >= 0.6 is 12.4 Å². The van der Waals surface area contributed by atoms with E-state index < -0.39 is 16.0 Å². The Labute approximate surface area is 136 Å². The first-order chi connectivity index (χ1) is 9.82. The SMILES string of the molecule is COC(=O)c1c(C)oc(C)c1S(=O)(=O)N1CCC(CN)C1.Cl. The lowest BCUT2D eigenvalue weighted by atomic mass is 10.1. The quantitative estimate of drug-likeness (QED) is 0.813. The van der Waals surface area contributed by atoms with E-state index in [1.54, 1.807) is 6.92 Å². The zero-order valence-electron chi connectivity index (χ0n) is 12.8. The van der Waals surface area contributed by atoms with Crippen molar-refractivity contribution in [1.82, 2.24) is 4.31 Å². The number of sulfonamides is 1. The molecule has 0 spiro atoms. The van der Waals surface area contributed by atoms with Crippen molar-refractivity contribution >= 4 is 28.4 Å².